The fourth-order valence-electron chi connectivity index (χ4n) is 2.42. The van der Waals surface area contributed by atoms with E-state index in [4.69, 9.17) is 9.15 Å². The first-order valence-electron chi connectivity index (χ1n) is 7.98. The van der Waals surface area contributed by atoms with Crippen LogP contribution in [0, 0.1) is 6.92 Å². The van der Waals surface area contributed by atoms with Crippen molar-refractivity contribution in [2.45, 2.75) is 6.92 Å². The zero-order valence-electron chi connectivity index (χ0n) is 14.4. The number of carbonyl (C=O) groups excluding carboxylic acids is 2. The van der Waals surface area contributed by atoms with Crippen LogP contribution in [0.15, 0.2) is 65.3 Å². The quantitative estimate of drug-likeness (QED) is 0.726. The van der Waals surface area contributed by atoms with Crippen molar-refractivity contribution in [2.75, 3.05) is 17.7 Å². The predicted octanol–water partition coefficient (Wildman–Crippen LogP) is 4.10. The maximum atomic E-state index is 12.4. The summed E-state index contributed by atoms with van der Waals surface area (Å²) in [5.41, 5.74) is 2.64. The lowest BCUT2D eigenvalue weighted by Gasteiger charge is -2.11. The molecule has 0 atom stereocenters. The number of nitrogens with one attached hydrogen (secondary N) is 2. The van der Waals surface area contributed by atoms with Gasteiger partial charge in [0, 0.05) is 11.3 Å². The Morgan fingerprint density at radius 1 is 0.962 bits per heavy atom. The smallest absolute Gasteiger partial charge is 0.291 e. The fraction of sp³-hybridized carbons (Fsp3) is 0.100. The molecule has 2 amide bonds. The average Bonchev–Trinajstić information content (AvgIpc) is 3.17. The standard InChI is InChI=1S/C20H18N2O4/c1-13-5-10-17(25-2)16(12-13)22-19(23)14-6-8-15(9-7-14)21-20(24)18-4-3-11-26-18/h3-12H,1-2H3,(H,21,24)(H,22,23). The molecule has 0 aliphatic carbocycles. The molecule has 0 saturated heterocycles. The second kappa shape index (κ2) is 7.57. The molecular weight excluding hydrogens is 332 g/mol. The highest BCUT2D eigenvalue weighted by atomic mass is 16.5. The SMILES string of the molecule is COc1ccc(C)cc1NC(=O)c1ccc(NC(=O)c2ccco2)cc1. The molecule has 1 aromatic heterocycles. The molecule has 0 fully saturated rings. The van der Waals surface area contributed by atoms with Crippen LogP contribution >= 0.6 is 0 Å². The summed E-state index contributed by atoms with van der Waals surface area (Å²) in [6, 6.07) is 15.4. The minimum atomic E-state index is -0.350. The lowest BCUT2D eigenvalue weighted by Crippen LogP contribution is -2.14. The van der Waals surface area contributed by atoms with Crippen LogP contribution in [0.1, 0.15) is 26.5 Å². The Hall–Kier alpha value is -3.54. The third-order valence-corrected chi connectivity index (χ3v) is 3.75. The van der Waals surface area contributed by atoms with Crippen molar-refractivity contribution in [3.05, 3.63) is 77.7 Å². The molecule has 3 aromatic rings. The minimum absolute atomic E-state index is 0.221. The minimum Gasteiger partial charge on any atom is -0.495 e. The van der Waals surface area contributed by atoms with Gasteiger partial charge in [0.05, 0.1) is 19.1 Å². The van der Waals surface area contributed by atoms with Crippen LogP contribution in [0.2, 0.25) is 0 Å². The molecule has 1 heterocycles. The van der Waals surface area contributed by atoms with Gasteiger partial charge in [0.2, 0.25) is 0 Å². The first kappa shape index (κ1) is 17.3. The summed E-state index contributed by atoms with van der Waals surface area (Å²) in [5.74, 6) is 0.194. The third-order valence-electron chi connectivity index (χ3n) is 3.75. The van der Waals surface area contributed by atoms with E-state index in [1.165, 1.54) is 6.26 Å². The van der Waals surface area contributed by atoms with Crippen LogP contribution in [-0.4, -0.2) is 18.9 Å². The maximum Gasteiger partial charge on any atom is 0.291 e. The number of anilines is 2. The summed E-state index contributed by atoms with van der Waals surface area (Å²) in [7, 11) is 1.55. The molecular formula is C20H18N2O4. The first-order valence-corrected chi connectivity index (χ1v) is 7.98. The van der Waals surface area contributed by atoms with Gasteiger partial charge in [-0.1, -0.05) is 6.07 Å². The highest BCUT2D eigenvalue weighted by Gasteiger charge is 2.12. The molecule has 2 N–H and O–H groups in total. The lowest BCUT2D eigenvalue weighted by atomic mass is 10.1. The average molecular weight is 350 g/mol. The number of furan rings is 1. The topological polar surface area (TPSA) is 80.6 Å². The Kier molecular flexibility index (Phi) is 5.03. The Bertz CT molecular complexity index is 915. The van der Waals surface area contributed by atoms with Crippen LogP contribution < -0.4 is 15.4 Å². The summed E-state index contributed by atoms with van der Waals surface area (Å²) in [4.78, 5) is 24.4. The maximum absolute atomic E-state index is 12.4. The van der Waals surface area contributed by atoms with Gasteiger partial charge >= 0.3 is 0 Å². The second-order valence-corrected chi connectivity index (χ2v) is 5.67. The Labute approximate surface area is 150 Å². The molecule has 0 spiro atoms. The molecule has 3 rings (SSSR count). The van der Waals surface area contributed by atoms with E-state index in [1.807, 2.05) is 19.1 Å². The van der Waals surface area contributed by atoms with Crippen LogP contribution in [0.25, 0.3) is 0 Å². The first-order chi connectivity index (χ1) is 12.6. The molecule has 0 unspecified atom stereocenters. The van der Waals surface area contributed by atoms with Crippen molar-refractivity contribution in [1.29, 1.82) is 0 Å². The summed E-state index contributed by atoms with van der Waals surface area (Å²) in [6.45, 7) is 1.94. The molecule has 0 radical (unpaired) electrons. The van der Waals surface area contributed by atoms with E-state index in [0.29, 0.717) is 22.7 Å². The van der Waals surface area contributed by atoms with Crippen molar-refractivity contribution < 1.29 is 18.7 Å². The van der Waals surface area contributed by atoms with Gasteiger partial charge in [-0.3, -0.25) is 9.59 Å². The van der Waals surface area contributed by atoms with E-state index in [2.05, 4.69) is 10.6 Å². The van der Waals surface area contributed by atoms with Crippen LogP contribution in [0.4, 0.5) is 11.4 Å². The van der Waals surface area contributed by atoms with Crippen molar-refractivity contribution in [3.63, 3.8) is 0 Å². The van der Waals surface area contributed by atoms with Crippen LogP contribution in [0.3, 0.4) is 0 Å². The van der Waals surface area contributed by atoms with Crippen LogP contribution in [0.5, 0.6) is 5.75 Å². The van der Waals surface area contributed by atoms with Crippen molar-refractivity contribution in [2.24, 2.45) is 0 Å². The van der Waals surface area contributed by atoms with Gasteiger partial charge in [0.15, 0.2) is 5.76 Å². The fourth-order valence-corrected chi connectivity index (χ4v) is 2.42. The Balaban J connectivity index is 1.69. The van der Waals surface area contributed by atoms with Crippen molar-refractivity contribution >= 4 is 23.2 Å². The summed E-state index contributed by atoms with van der Waals surface area (Å²) in [5, 5.41) is 5.54. The molecule has 0 aliphatic rings. The van der Waals surface area contributed by atoms with E-state index >= 15 is 0 Å². The molecule has 2 aromatic carbocycles. The van der Waals surface area contributed by atoms with Gasteiger partial charge < -0.3 is 19.8 Å². The predicted molar refractivity (Wildman–Crippen MR) is 98.8 cm³/mol. The molecule has 26 heavy (non-hydrogen) atoms. The number of carbonyl (C=O) groups is 2. The van der Waals surface area contributed by atoms with Gasteiger partial charge in [0.25, 0.3) is 11.8 Å². The Morgan fingerprint density at radius 3 is 2.38 bits per heavy atom. The molecule has 0 bridgehead atoms. The van der Waals surface area contributed by atoms with Crippen LogP contribution in [-0.2, 0) is 0 Å². The summed E-state index contributed by atoms with van der Waals surface area (Å²) < 4.78 is 10.3. The van der Waals surface area contributed by atoms with E-state index in [0.717, 1.165) is 5.56 Å². The number of hydrogen-bond acceptors (Lipinski definition) is 4. The third kappa shape index (κ3) is 3.92. The molecule has 0 aliphatic heterocycles. The molecule has 0 saturated carbocycles. The zero-order valence-corrected chi connectivity index (χ0v) is 14.4. The number of rotatable bonds is 5. The van der Waals surface area contributed by atoms with E-state index < -0.39 is 0 Å². The van der Waals surface area contributed by atoms with Gasteiger partial charge in [-0.25, -0.2) is 0 Å². The van der Waals surface area contributed by atoms with Gasteiger partial charge in [0.1, 0.15) is 5.75 Å². The van der Waals surface area contributed by atoms with Crippen molar-refractivity contribution in [3.8, 4) is 5.75 Å². The number of methoxy groups -OCH3 is 1. The van der Waals surface area contributed by atoms with Gasteiger partial charge in [-0.15, -0.1) is 0 Å². The largest absolute Gasteiger partial charge is 0.495 e. The van der Waals surface area contributed by atoms with Crippen molar-refractivity contribution in [1.82, 2.24) is 0 Å². The number of amides is 2. The van der Waals surface area contributed by atoms with E-state index in [-0.39, 0.29) is 17.6 Å². The van der Waals surface area contributed by atoms with E-state index in [1.54, 1.807) is 49.6 Å². The van der Waals surface area contributed by atoms with Gasteiger partial charge in [-0.05, 0) is 61.0 Å². The molecule has 132 valence electrons. The molecule has 6 nitrogen and oxygen atoms in total. The van der Waals surface area contributed by atoms with E-state index in [9.17, 15) is 9.59 Å². The number of benzene rings is 2. The Morgan fingerprint density at radius 2 is 1.73 bits per heavy atom. The second-order valence-electron chi connectivity index (χ2n) is 5.67. The molecule has 6 heteroatoms. The number of ether oxygens (including phenoxy) is 1. The van der Waals surface area contributed by atoms with Gasteiger partial charge in [-0.2, -0.15) is 0 Å². The zero-order chi connectivity index (χ0) is 18.5. The highest BCUT2D eigenvalue weighted by molar-refractivity contribution is 6.06. The normalized spacial score (nSPS) is 10.2. The number of hydrogen-bond donors (Lipinski definition) is 2. The number of aryl methyl sites for hydroxylation is 1. The summed E-state index contributed by atoms with van der Waals surface area (Å²) in [6.07, 6.45) is 1.43. The highest BCUT2D eigenvalue weighted by Crippen LogP contribution is 2.26. The lowest BCUT2D eigenvalue weighted by molar-refractivity contribution is 0.0995. The monoisotopic (exact) mass is 350 g/mol. The summed E-state index contributed by atoms with van der Waals surface area (Å²) >= 11 is 0.